The largest absolute Gasteiger partial charge is 0.298 e. The molecule has 0 amide bonds. The van der Waals surface area contributed by atoms with Gasteiger partial charge in [-0.2, -0.15) is 10.2 Å². The second-order valence-electron chi connectivity index (χ2n) is 5.35. The number of nitrogens with zero attached hydrogens (tertiary/aromatic N) is 4. The van der Waals surface area contributed by atoms with Gasteiger partial charge >= 0.3 is 0 Å². The molecule has 0 aliphatic heterocycles. The summed E-state index contributed by atoms with van der Waals surface area (Å²) in [7, 11) is 3.72. The number of hydrogen-bond donors (Lipinski definition) is 0. The van der Waals surface area contributed by atoms with Gasteiger partial charge in [0.1, 0.15) is 11.6 Å². The van der Waals surface area contributed by atoms with Crippen LogP contribution in [0.15, 0.2) is 58.7 Å². The van der Waals surface area contributed by atoms with Gasteiger partial charge in [0.05, 0.1) is 25.5 Å². The summed E-state index contributed by atoms with van der Waals surface area (Å²) in [6, 6.07) is 12.3. The third-order valence-corrected chi connectivity index (χ3v) is 3.30. The maximum atomic E-state index is 12.8. The van der Waals surface area contributed by atoms with Gasteiger partial charge < -0.3 is 0 Å². The van der Waals surface area contributed by atoms with Crippen molar-refractivity contribution in [2.45, 2.75) is 0 Å². The van der Waals surface area contributed by atoms with Crippen LogP contribution in [-0.4, -0.2) is 49.6 Å². The summed E-state index contributed by atoms with van der Waals surface area (Å²) in [5, 5.41) is 12.1. The topological polar surface area (TPSA) is 31.2 Å². The van der Waals surface area contributed by atoms with E-state index >= 15 is 0 Å². The lowest BCUT2D eigenvalue weighted by Crippen LogP contribution is -2.25. The summed E-state index contributed by atoms with van der Waals surface area (Å²) in [5.41, 5.74) is 1.68. The van der Waals surface area contributed by atoms with E-state index in [1.54, 1.807) is 46.7 Å². The average molecular weight is 330 g/mol. The Balaban J connectivity index is 1.77. The smallest absolute Gasteiger partial charge is 0.123 e. The molecule has 0 aliphatic rings. The van der Waals surface area contributed by atoms with Gasteiger partial charge in [-0.15, -0.1) is 0 Å². The molecular weight excluding hydrogens is 310 g/mol. The van der Waals surface area contributed by atoms with Crippen LogP contribution in [0.4, 0.5) is 8.78 Å². The molecule has 6 heteroatoms. The second kappa shape index (κ2) is 8.76. The van der Waals surface area contributed by atoms with Crippen molar-refractivity contribution in [2.75, 3.05) is 27.2 Å². The first-order valence-electron chi connectivity index (χ1n) is 7.54. The molecule has 0 radical (unpaired) electrons. The first-order chi connectivity index (χ1) is 11.5. The Hall–Kier alpha value is -2.76. The Morgan fingerprint density at radius 3 is 1.38 bits per heavy atom. The van der Waals surface area contributed by atoms with E-state index in [2.05, 4.69) is 10.2 Å². The van der Waals surface area contributed by atoms with Gasteiger partial charge in [-0.25, -0.2) is 8.78 Å². The number of hydrogen-bond acceptors (Lipinski definition) is 4. The lowest BCUT2D eigenvalue weighted by molar-refractivity contribution is 0.272. The molecule has 0 fully saturated rings. The van der Waals surface area contributed by atoms with Gasteiger partial charge in [0.2, 0.25) is 0 Å². The van der Waals surface area contributed by atoms with E-state index in [1.165, 1.54) is 24.3 Å². The Labute approximate surface area is 140 Å². The van der Waals surface area contributed by atoms with Crippen molar-refractivity contribution in [1.29, 1.82) is 0 Å². The highest BCUT2D eigenvalue weighted by Gasteiger charge is 1.97. The molecule has 2 rings (SSSR count). The van der Waals surface area contributed by atoms with Crippen LogP contribution in [0, 0.1) is 11.6 Å². The minimum Gasteiger partial charge on any atom is -0.298 e. The molecule has 0 aliphatic carbocycles. The van der Waals surface area contributed by atoms with Crippen LogP contribution in [0.2, 0.25) is 0 Å². The quantitative estimate of drug-likeness (QED) is 0.577. The Kier molecular flexibility index (Phi) is 6.42. The Bertz CT molecular complexity index is 620. The lowest BCUT2D eigenvalue weighted by Gasteiger charge is -2.17. The van der Waals surface area contributed by atoms with Crippen LogP contribution in [-0.2, 0) is 0 Å². The van der Waals surface area contributed by atoms with Gasteiger partial charge in [-0.3, -0.25) is 10.0 Å². The molecule has 0 saturated heterocycles. The summed E-state index contributed by atoms with van der Waals surface area (Å²) in [5.74, 6) is -0.526. The van der Waals surface area contributed by atoms with Gasteiger partial charge in [0.15, 0.2) is 0 Å². The summed E-state index contributed by atoms with van der Waals surface area (Å²) < 4.78 is 25.6. The van der Waals surface area contributed by atoms with Crippen molar-refractivity contribution in [3.63, 3.8) is 0 Å². The van der Waals surface area contributed by atoms with Gasteiger partial charge in [-0.05, 0) is 35.4 Å². The second-order valence-corrected chi connectivity index (χ2v) is 5.35. The standard InChI is InChI=1S/C18H20F2N4/c1-23(21-13-15-3-7-17(19)8-4-15)11-12-24(2)22-14-16-5-9-18(20)10-6-16/h3-10,13-14H,11-12H2,1-2H3/b21-13+,22-14+. The van der Waals surface area contributed by atoms with Crippen LogP contribution in [0.5, 0.6) is 0 Å². The average Bonchev–Trinajstić information content (AvgIpc) is 2.59. The molecule has 0 N–H and O–H groups in total. The molecule has 0 bridgehead atoms. The summed E-state index contributed by atoms with van der Waals surface area (Å²) in [4.78, 5) is 0. The van der Waals surface area contributed by atoms with Gasteiger partial charge in [-0.1, -0.05) is 24.3 Å². The highest BCUT2D eigenvalue weighted by atomic mass is 19.1. The van der Waals surface area contributed by atoms with E-state index < -0.39 is 0 Å². The van der Waals surface area contributed by atoms with Crippen LogP contribution in [0.3, 0.4) is 0 Å². The number of halogens is 2. The molecule has 0 unspecified atom stereocenters. The van der Waals surface area contributed by atoms with Crippen molar-refractivity contribution in [3.8, 4) is 0 Å². The predicted molar refractivity (Wildman–Crippen MR) is 93.2 cm³/mol. The highest BCUT2D eigenvalue weighted by molar-refractivity contribution is 5.79. The Morgan fingerprint density at radius 2 is 1.04 bits per heavy atom. The van der Waals surface area contributed by atoms with Crippen LogP contribution < -0.4 is 0 Å². The van der Waals surface area contributed by atoms with E-state index in [0.29, 0.717) is 13.1 Å². The number of likely N-dealkylation sites (N-methyl/N-ethyl adjacent to an activating group) is 2. The first kappa shape index (κ1) is 17.6. The molecule has 2 aromatic rings. The molecule has 24 heavy (non-hydrogen) atoms. The van der Waals surface area contributed by atoms with Gasteiger partial charge in [0.25, 0.3) is 0 Å². The van der Waals surface area contributed by atoms with Crippen molar-refractivity contribution in [3.05, 3.63) is 71.3 Å². The Morgan fingerprint density at radius 1 is 0.708 bits per heavy atom. The maximum Gasteiger partial charge on any atom is 0.123 e. The highest BCUT2D eigenvalue weighted by Crippen LogP contribution is 2.01. The monoisotopic (exact) mass is 330 g/mol. The zero-order valence-corrected chi connectivity index (χ0v) is 13.7. The summed E-state index contributed by atoms with van der Waals surface area (Å²) in [6.45, 7) is 1.35. The minimum absolute atomic E-state index is 0.263. The van der Waals surface area contributed by atoms with Crippen molar-refractivity contribution in [1.82, 2.24) is 10.0 Å². The first-order valence-corrected chi connectivity index (χ1v) is 7.54. The molecule has 0 heterocycles. The lowest BCUT2D eigenvalue weighted by atomic mass is 10.2. The summed E-state index contributed by atoms with van der Waals surface area (Å²) in [6.07, 6.45) is 3.36. The number of benzene rings is 2. The zero-order valence-electron chi connectivity index (χ0n) is 13.7. The van der Waals surface area contributed by atoms with Crippen molar-refractivity contribution < 1.29 is 8.78 Å². The number of rotatable bonds is 7. The fourth-order valence-corrected chi connectivity index (χ4v) is 1.83. The number of hydrazone groups is 2. The fourth-order valence-electron chi connectivity index (χ4n) is 1.83. The maximum absolute atomic E-state index is 12.8. The molecule has 126 valence electrons. The SMILES string of the molecule is CN(CCN(C)/N=C/c1ccc(F)cc1)/N=C/c1ccc(F)cc1. The third kappa shape index (κ3) is 6.16. The molecule has 0 spiro atoms. The summed E-state index contributed by atoms with van der Waals surface area (Å²) >= 11 is 0. The van der Waals surface area contributed by atoms with Crippen molar-refractivity contribution in [2.24, 2.45) is 10.2 Å². The minimum atomic E-state index is -0.263. The predicted octanol–water partition coefficient (Wildman–Crippen LogP) is 3.20. The molecule has 0 atom stereocenters. The fraction of sp³-hybridized carbons (Fsp3) is 0.222. The van der Waals surface area contributed by atoms with Crippen LogP contribution >= 0.6 is 0 Å². The normalized spacial score (nSPS) is 11.3. The van der Waals surface area contributed by atoms with E-state index in [9.17, 15) is 8.78 Å². The third-order valence-electron chi connectivity index (χ3n) is 3.30. The molecule has 2 aromatic carbocycles. The van der Waals surface area contributed by atoms with E-state index in [0.717, 1.165) is 11.1 Å². The van der Waals surface area contributed by atoms with E-state index in [1.807, 2.05) is 14.1 Å². The zero-order chi connectivity index (χ0) is 17.4. The molecule has 0 aromatic heterocycles. The molecule has 0 saturated carbocycles. The van der Waals surface area contributed by atoms with Crippen molar-refractivity contribution >= 4 is 12.4 Å². The molecular formula is C18H20F2N4. The van der Waals surface area contributed by atoms with Crippen LogP contribution in [0.25, 0.3) is 0 Å². The molecule has 4 nitrogen and oxygen atoms in total. The van der Waals surface area contributed by atoms with Crippen LogP contribution in [0.1, 0.15) is 11.1 Å². The van der Waals surface area contributed by atoms with E-state index in [-0.39, 0.29) is 11.6 Å². The van der Waals surface area contributed by atoms with Gasteiger partial charge in [0, 0.05) is 14.1 Å². The van der Waals surface area contributed by atoms with E-state index in [4.69, 9.17) is 0 Å².